The molecule has 0 saturated carbocycles. The van der Waals surface area contributed by atoms with Gasteiger partial charge in [0.1, 0.15) is 23.4 Å². The fourth-order valence-corrected chi connectivity index (χ4v) is 4.46. The van der Waals surface area contributed by atoms with Crippen molar-refractivity contribution in [1.29, 1.82) is 0 Å². The largest absolute Gasteiger partial charge is 0.514 e. The molecule has 0 unspecified atom stereocenters. The van der Waals surface area contributed by atoms with Crippen LogP contribution < -0.4 is 14.2 Å². The van der Waals surface area contributed by atoms with Crippen LogP contribution in [0.4, 0.5) is 4.79 Å². The van der Waals surface area contributed by atoms with Gasteiger partial charge in [-0.15, -0.1) is 0 Å². The van der Waals surface area contributed by atoms with Crippen LogP contribution in [0.2, 0.25) is 0 Å². The second-order valence-electron chi connectivity index (χ2n) is 8.83. The van der Waals surface area contributed by atoms with Crippen molar-refractivity contribution < 1.29 is 23.7 Å². The van der Waals surface area contributed by atoms with Gasteiger partial charge in [0.15, 0.2) is 0 Å². The topological polar surface area (TPSA) is 57.2 Å². The normalized spacial score (nSPS) is 17.7. The third-order valence-corrected chi connectivity index (χ3v) is 6.36. The summed E-state index contributed by atoms with van der Waals surface area (Å²) in [5.41, 5.74) is 2.43. The van der Waals surface area contributed by atoms with Crippen molar-refractivity contribution >= 4 is 6.16 Å². The summed E-state index contributed by atoms with van der Waals surface area (Å²) < 4.78 is 22.3. The molecule has 1 heterocycles. The van der Waals surface area contributed by atoms with Gasteiger partial charge in [0.2, 0.25) is 0 Å². The van der Waals surface area contributed by atoms with Gasteiger partial charge in [-0.1, -0.05) is 48.5 Å². The van der Waals surface area contributed by atoms with Crippen LogP contribution in [-0.2, 0) is 17.6 Å². The molecule has 4 rings (SSSR count). The molecule has 184 valence electrons. The van der Waals surface area contributed by atoms with E-state index in [1.165, 1.54) is 11.1 Å². The molecule has 0 aliphatic carbocycles. The molecule has 0 amide bonds. The quantitative estimate of drug-likeness (QED) is 0.284. The molecule has 1 fully saturated rings. The highest BCUT2D eigenvalue weighted by molar-refractivity contribution is 5.64. The number of ether oxygens (including phenoxy) is 4. The molecule has 35 heavy (non-hydrogen) atoms. The molecule has 0 aromatic heterocycles. The van der Waals surface area contributed by atoms with Crippen LogP contribution >= 0.6 is 0 Å². The van der Waals surface area contributed by atoms with Gasteiger partial charge < -0.3 is 18.9 Å². The monoisotopic (exact) mass is 475 g/mol. The Morgan fingerprint density at radius 1 is 0.943 bits per heavy atom. The molecule has 0 radical (unpaired) electrons. The smallest absolute Gasteiger partial charge is 0.497 e. The lowest BCUT2D eigenvalue weighted by atomic mass is 10.0. The molecule has 0 bridgehead atoms. The van der Waals surface area contributed by atoms with Crippen molar-refractivity contribution in [3.05, 3.63) is 90.0 Å². The molecule has 2 atom stereocenters. The number of nitrogens with zero attached hydrogens (tertiary/aromatic N) is 1. The second kappa shape index (κ2) is 12.3. The highest BCUT2D eigenvalue weighted by Crippen LogP contribution is 2.25. The molecule has 3 aromatic rings. The zero-order chi connectivity index (χ0) is 24.5. The first-order valence-electron chi connectivity index (χ1n) is 12.1. The zero-order valence-electron chi connectivity index (χ0n) is 20.4. The van der Waals surface area contributed by atoms with E-state index in [-0.39, 0.29) is 12.1 Å². The van der Waals surface area contributed by atoms with Crippen molar-refractivity contribution in [1.82, 2.24) is 4.90 Å². The van der Waals surface area contributed by atoms with Crippen molar-refractivity contribution in [2.75, 3.05) is 27.3 Å². The molecule has 1 aliphatic heterocycles. The van der Waals surface area contributed by atoms with E-state index in [4.69, 9.17) is 18.9 Å². The van der Waals surface area contributed by atoms with Gasteiger partial charge >= 0.3 is 6.16 Å². The molecular formula is C29H33NO5. The van der Waals surface area contributed by atoms with E-state index in [2.05, 4.69) is 36.2 Å². The highest BCUT2D eigenvalue weighted by atomic mass is 16.7. The summed E-state index contributed by atoms with van der Waals surface area (Å²) in [5, 5.41) is 0. The first-order chi connectivity index (χ1) is 17.1. The van der Waals surface area contributed by atoms with Crippen LogP contribution in [0.25, 0.3) is 0 Å². The van der Waals surface area contributed by atoms with Crippen molar-refractivity contribution in [3.63, 3.8) is 0 Å². The Morgan fingerprint density at radius 3 is 2.54 bits per heavy atom. The lowest BCUT2D eigenvalue weighted by molar-refractivity contribution is 0.0626. The summed E-state index contributed by atoms with van der Waals surface area (Å²) in [4.78, 5) is 14.3. The molecule has 6 heteroatoms. The van der Waals surface area contributed by atoms with Crippen molar-refractivity contribution in [2.45, 2.75) is 37.8 Å². The van der Waals surface area contributed by atoms with Gasteiger partial charge in [-0.3, -0.25) is 4.90 Å². The first-order valence-corrected chi connectivity index (χ1v) is 12.1. The van der Waals surface area contributed by atoms with Crippen LogP contribution in [-0.4, -0.2) is 50.5 Å². The maximum atomic E-state index is 12.1. The number of hydrogen-bond donors (Lipinski definition) is 0. The molecule has 0 spiro atoms. The van der Waals surface area contributed by atoms with E-state index in [1.54, 1.807) is 19.2 Å². The van der Waals surface area contributed by atoms with Crippen LogP contribution in [0, 0.1) is 0 Å². The minimum absolute atomic E-state index is 0.184. The van der Waals surface area contributed by atoms with Gasteiger partial charge in [0.05, 0.1) is 13.7 Å². The molecule has 1 aliphatic rings. The van der Waals surface area contributed by atoms with Gasteiger partial charge in [0.25, 0.3) is 0 Å². The van der Waals surface area contributed by atoms with Crippen LogP contribution in [0.1, 0.15) is 24.0 Å². The standard InChI is InChI=1S/C29H33NO5/c1-30-21-27(35-29(31)34-25-11-4-3-5-12-25)20-24(30)17-18-33-28-14-7-6-10-23(28)16-15-22-9-8-13-26(19-22)32-2/h3-14,19,24,27H,15-18,20-21H2,1-2H3/t24-,27-/m1/s1. The maximum Gasteiger partial charge on any atom is 0.514 e. The number of likely N-dealkylation sites (N-methyl/N-ethyl adjacent to an activating group) is 1. The lowest BCUT2D eigenvalue weighted by Crippen LogP contribution is -2.27. The maximum absolute atomic E-state index is 12.1. The Hall–Kier alpha value is -3.51. The first kappa shape index (κ1) is 24.6. The molecule has 0 N–H and O–H groups in total. The number of benzene rings is 3. The SMILES string of the molecule is COc1cccc(CCc2ccccc2OCC[C@@H]2C[C@@H](OC(=O)Oc3ccccc3)CN2C)c1. The Labute approximate surface area is 207 Å². The zero-order valence-corrected chi connectivity index (χ0v) is 20.4. The summed E-state index contributed by atoms with van der Waals surface area (Å²) in [6.07, 6.45) is 2.59. The Balaban J connectivity index is 1.23. The van der Waals surface area contributed by atoms with E-state index in [0.717, 1.165) is 37.2 Å². The third kappa shape index (κ3) is 7.23. The summed E-state index contributed by atoms with van der Waals surface area (Å²) in [7, 11) is 3.74. The van der Waals surface area contributed by atoms with E-state index < -0.39 is 6.16 Å². The average Bonchev–Trinajstić information content (AvgIpc) is 3.22. The Morgan fingerprint density at radius 2 is 1.71 bits per heavy atom. The van der Waals surface area contributed by atoms with Crippen molar-refractivity contribution in [2.24, 2.45) is 0 Å². The predicted molar refractivity (Wildman–Crippen MR) is 135 cm³/mol. The minimum atomic E-state index is -0.656. The van der Waals surface area contributed by atoms with Gasteiger partial charge in [-0.05, 0) is 67.8 Å². The molecule has 1 saturated heterocycles. The van der Waals surface area contributed by atoms with Gasteiger partial charge in [-0.25, -0.2) is 4.79 Å². The lowest BCUT2D eigenvalue weighted by Gasteiger charge is -2.19. The van der Waals surface area contributed by atoms with Gasteiger partial charge in [0, 0.05) is 19.0 Å². The minimum Gasteiger partial charge on any atom is -0.497 e. The summed E-state index contributed by atoms with van der Waals surface area (Å²) in [6, 6.07) is 25.7. The third-order valence-electron chi connectivity index (χ3n) is 6.36. The van der Waals surface area contributed by atoms with E-state index >= 15 is 0 Å². The van der Waals surface area contributed by atoms with Gasteiger partial charge in [-0.2, -0.15) is 0 Å². The van der Waals surface area contributed by atoms with E-state index in [1.807, 2.05) is 42.5 Å². The number of carbonyl (C=O) groups excluding carboxylic acids is 1. The second-order valence-corrected chi connectivity index (χ2v) is 8.83. The van der Waals surface area contributed by atoms with E-state index in [0.29, 0.717) is 18.9 Å². The summed E-state index contributed by atoms with van der Waals surface area (Å²) >= 11 is 0. The molecule has 3 aromatic carbocycles. The number of hydrogen-bond acceptors (Lipinski definition) is 6. The number of para-hydroxylation sites is 2. The number of rotatable bonds is 10. The van der Waals surface area contributed by atoms with Crippen LogP contribution in [0.15, 0.2) is 78.9 Å². The molecule has 6 nitrogen and oxygen atoms in total. The summed E-state index contributed by atoms with van der Waals surface area (Å²) in [5.74, 6) is 2.29. The Kier molecular flexibility index (Phi) is 8.63. The fourth-order valence-electron chi connectivity index (χ4n) is 4.46. The average molecular weight is 476 g/mol. The highest BCUT2D eigenvalue weighted by Gasteiger charge is 2.32. The number of carbonyl (C=O) groups is 1. The number of methoxy groups -OCH3 is 1. The Bertz CT molecular complexity index is 1090. The number of aryl methyl sites for hydroxylation is 2. The summed E-state index contributed by atoms with van der Waals surface area (Å²) in [6.45, 7) is 1.29. The van der Waals surface area contributed by atoms with Crippen LogP contribution in [0.5, 0.6) is 17.2 Å². The molecular weight excluding hydrogens is 442 g/mol. The van der Waals surface area contributed by atoms with E-state index in [9.17, 15) is 4.79 Å². The van der Waals surface area contributed by atoms with Crippen molar-refractivity contribution in [3.8, 4) is 17.2 Å². The fraction of sp³-hybridized carbons (Fsp3) is 0.345. The predicted octanol–water partition coefficient (Wildman–Crippen LogP) is 5.54. The van der Waals surface area contributed by atoms with Crippen LogP contribution in [0.3, 0.4) is 0 Å². The number of likely N-dealkylation sites (tertiary alicyclic amines) is 1.